The van der Waals surface area contributed by atoms with Crippen LogP contribution in [0.3, 0.4) is 0 Å². The molecule has 144 valence electrons. The van der Waals surface area contributed by atoms with Crippen molar-refractivity contribution in [2.45, 2.75) is 44.2 Å². The van der Waals surface area contributed by atoms with E-state index < -0.39 is 16.1 Å². The second-order valence-corrected chi connectivity index (χ2v) is 9.68. The van der Waals surface area contributed by atoms with Crippen molar-refractivity contribution in [2.75, 3.05) is 25.4 Å². The number of hydrogen-bond donors (Lipinski definition) is 1. The Labute approximate surface area is 158 Å². The van der Waals surface area contributed by atoms with Crippen molar-refractivity contribution in [1.82, 2.24) is 14.5 Å². The Bertz CT molecular complexity index is 720. The molecule has 7 nitrogen and oxygen atoms in total. The SMILES string of the molecule is O=CNC(Cc1ccsc1)C(=O)N1CCCC(N2CCCS2(=O)=O)CC1. The molecule has 1 N–H and O–H groups in total. The molecule has 0 bridgehead atoms. The average molecular weight is 400 g/mol. The fourth-order valence-electron chi connectivity index (χ4n) is 3.82. The van der Waals surface area contributed by atoms with E-state index in [4.69, 9.17) is 0 Å². The first-order valence-electron chi connectivity index (χ1n) is 9.00. The van der Waals surface area contributed by atoms with Gasteiger partial charge in [-0.1, -0.05) is 0 Å². The lowest BCUT2D eigenvalue weighted by Gasteiger charge is -2.27. The Balaban J connectivity index is 1.63. The van der Waals surface area contributed by atoms with Crippen LogP contribution in [0.4, 0.5) is 0 Å². The zero-order valence-corrected chi connectivity index (χ0v) is 16.3. The third kappa shape index (κ3) is 4.44. The van der Waals surface area contributed by atoms with Crippen molar-refractivity contribution in [3.05, 3.63) is 22.4 Å². The first kappa shape index (κ1) is 19.3. The molecule has 0 aliphatic carbocycles. The van der Waals surface area contributed by atoms with Gasteiger partial charge in [0.2, 0.25) is 22.3 Å². The van der Waals surface area contributed by atoms with Gasteiger partial charge in [0.15, 0.2) is 0 Å². The maximum atomic E-state index is 12.9. The molecule has 1 aromatic rings. The second kappa shape index (κ2) is 8.49. The number of carbonyl (C=O) groups is 2. The first-order valence-corrected chi connectivity index (χ1v) is 11.6. The molecular weight excluding hydrogens is 374 g/mol. The standard InChI is InChI=1S/C17H25N3O4S2/c21-13-18-16(11-14-5-9-25-12-14)17(22)19-6-1-3-15(4-8-19)20-7-2-10-26(20,23)24/h5,9,12-13,15-16H,1-4,6-8,10-11H2,(H,18,21). The lowest BCUT2D eigenvalue weighted by Crippen LogP contribution is -2.48. The van der Waals surface area contributed by atoms with Crippen molar-refractivity contribution >= 4 is 33.7 Å². The molecule has 2 fully saturated rings. The molecule has 3 rings (SSSR count). The predicted octanol–water partition coefficient (Wildman–Crippen LogP) is 0.822. The number of nitrogens with zero attached hydrogens (tertiary/aromatic N) is 2. The Morgan fingerprint density at radius 2 is 2.15 bits per heavy atom. The van der Waals surface area contributed by atoms with E-state index in [9.17, 15) is 18.0 Å². The van der Waals surface area contributed by atoms with Gasteiger partial charge in [0.1, 0.15) is 6.04 Å². The van der Waals surface area contributed by atoms with E-state index in [1.54, 1.807) is 20.5 Å². The van der Waals surface area contributed by atoms with Crippen LogP contribution in [-0.4, -0.2) is 67.4 Å². The van der Waals surface area contributed by atoms with Gasteiger partial charge in [-0.15, -0.1) is 0 Å². The Hall–Kier alpha value is -1.45. The smallest absolute Gasteiger partial charge is 0.245 e. The van der Waals surface area contributed by atoms with Gasteiger partial charge in [0.25, 0.3) is 0 Å². The number of carbonyl (C=O) groups excluding carboxylic acids is 2. The molecule has 0 saturated carbocycles. The van der Waals surface area contributed by atoms with E-state index in [0.29, 0.717) is 45.3 Å². The summed E-state index contributed by atoms with van der Waals surface area (Å²) in [6.45, 7) is 1.72. The van der Waals surface area contributed by atoms with Crippen LogP contribution in [0, 0.1) is 0 Å². The summed E-state index contributed by atoms with van der Waals surface area (Å²) >= 11 is 1.56. The monoisotopic (exact) mass is 399 g/mol. The Kier molecular flexibility index (Phi) is 6.31. The molecule has 3 heterocycles. The van der Waals surface area contributed by atoms with E-state index in [1.165, 1.54) is 0 Å². The van der Waals surface area contributed by atoms with E-state index in [2.05, 4.69) is 5.32 Å². The van der Waals surface area contributed by atoms with Gasteiger partial charge in [0.05, 0.1) is 5.75 Å². The number of hydrogen-bond acceptors (Lipinski definition) is 5. The van der Waals surface area contributed by atoms with Gasteiger partial charge in [-0.3, -0.25) is 9.59 Å². The van der Waals surface area contributed by atoms with E-state index in [1.807, 2.05) is 16.8 Å². The fourth-order valence-corrected chi connectivity index (χ4v) is 6.30. The minimum absolute atomic E-state index is 0.0188. The van der Waals surface area contributed by atoms with Crippen LogP contribution in [-0.2, 0) is 26.0 Å². The molecule has 26 heavy (non-hydrogen) atoms. The molecule has 0 spiro atoms. The van der Waals surface area contributed by atoms with Crippen molar-refractivity contribution in [2.24, 2.45) is 0 Å². The molecule has 2 amide bonds. The second-order valence-electron chi connectivity index (χ2n) is 6.86. The van der Waals surface area contributed by atoms with Gasteiger partial charge < -0.3 is 10.2 Å². The number of rotatable bonds is 6. The van der Waals surface area contributed by atoms with Crippen LogP contribution in [0.5, 0.6) is 0 Å². The summed E-state index contributed by atoms with van der Waals surface area (Å²) in [6, 6.07) is 1.36. The van der Waals surface area contributed by atoms with Crippen LogP contribution in [0.25, 0.3) is 0 Å². The molecule has 1 aromatic heterocycles. The number of likely N-dealkylation sites (tertiary alicyclic amines) is 1. The highest BCUT2D eigenvalue weighted by Gasteiger charge is 2.36. The molecule has 0 aromatic carbocycles. The molecule has 9 heteroatoms. The highest BCUT2D eigenvalue weighted by atomic mass is 32.2. The van der Waals surface area contributed by atoms with Crippen LogP contribution in [0.2, 0.25) is 0 Å². The molecule has 0 radical (unpaired) electrons. The summed E-state index contributed by atoms with van der Waals surface area (Å²) in [5.41, 5.74) is 1.03. The summed E-state index contributed by atoms with van der Waals surface area (Å²) in [5.74, 6) is 0.145. The van der Waals surface area contributed by atoms with E-state index in [-0.39, 0.29) is 17.7 Å². The highest BCUT2D eigenvalue weighted by molar-refractivity contribution is 7.89. The van der Waals surface area contributed by atoms with Gasteiger partial charge >= 0.3 is 0 Å². The molecule has 2 aliphatic rings. The zero-order valence-electron chi connectivity index (χ0n) is 14.7. The lowest BCUT2D eigenvalue weighted by molar-refractivity contribution is -0.134. The maximum Gasteiger partial charge on any atom is 0.245 e. The van der Waals surface area contributed by atoms with Gasteiger partial charge in [-0.05, 0) is 48.1 Å². The predicted molar refractivity (Wildman–Crippen MR) is 100 cm³/mol. The normalized spacial score (nSPS) is 24.8. The largest absolute Gasteiger partial charge is 0.347 e. The number of thiophene rings is 1. The Morgan fingerprint density at radius 1 is 1.31 bits per heavy atom. The molecular formula is C17H25N3O4S2. The maximum absolute atomic E-state index is 12.9. The number of nitrogens with one attached hydrogen (secondary N) is 1. The van der Waals surface area contributed by atoms with Gasteiger partial charge in [0, 0.05) is 32.1 Å². The van der Waals surface area contributed by atoms with Crippen molar-refractivity contribution in [1.29, 1.82) is 0 Å². The van der Waals surface area contributed by atoms with Crippen LogP contribution >= 0.6 is 11.3 Å². The van der Waals surface area contributed by atoms with Crippen LogP contribution in [0.1, 0.15) is 31.2 Å². The summed E-state index contributed by atoms with van der Waals surface area (Å²) in [4.78, 5) is 25.6. The van der Waals surface area contributed by atoms with Crippen molar-refractivity contribution < 1.29 is 18.0 Å². The van der Waals surface area contributed by atoms with Crippen LogP contribution < -0.4 is 5.32 Å². The van der Waals surface area contributed by atoms with Crippen molar-refractivity contribution in [3.63, 3.8) is 0 Å². The first-order chi connectivity index (χ1) is 12.5. The van der Waals surface area contributed by atoms with Crippen LogP contribution in [0.15, 0.2) is 16.8 Å². The minimum Gasteiger partial charge on any atom is -0.347 e. The molecule has 2 unspecified atom stereocenters. The molecule has 2 aliphatic heterocycles. The van der Waals surface area contributed by atoms with E-state index >= 15 is 0 Å². The minimum atomic E-state index is -3.13. The Morgan fingerprint density at radius 3 is 2.81 bits per heavy atom. The van der Waals surface area contributed by atoms with E-state index in [0.717, 1.165) is 18.4 Å². The highest BCUT2D eigenvalue weighted by Crippen LogP contribution is 2.25. The lowest BCUT2D eigenvalue weighted by atomic mass is 10.1. The summed E-state index contributed by atoms with van der Waals surface area (Å²) in [5, 5.41) is 6.57. The topological polar surface area (TPSA) is 86.8 Å². The third-order valence-electron chi connectivity index (χ3n) is 5.14. The molecule has 2 saturated heterocycles. The average Bonchev–Trinajstić information content (AvgIpc) is 3.17. The fraction of sp³-hybridized carbons (Fsp3) is 0.647. The number of sulfonamides is 1. The van der Waals surface area contributed by atoms with Crippen molar-refractivity contribution in [3.8, 4) is 0 Å². The quantitative estimate of drug-likeness (QED) is 0.718. The molecule has 2 atom stereocenters. The summed E-state index contributed by atoms with van der Waals surface area (Å²) in [6.07, 6.45) is 3.94. The van der Waals surface area contributed by atoms with Gasteiger partial charge in [-0.25, -0.2) is 8.42 Å². The summed E-state index contributed by atoms with van der Waals surface area (Å²) < 4.78 is 25.9. The zero-order chi connectivity index (χ0) is 18.6. The summed E-state index contributed by atoms with van der Waals surface area (Å²) in [7, 11) is -3.13. The third-order valence-corrected chi connectivity index (χ3v) is 7.87. The van der Waals surface area contributed by atoms with Gasteiger partial charge in [-0.2, -0.15) is 15.6 Å². The number of amides is 2.